The maximum Gasteiger partial charge on any atom is 0.376 e. The zero-order valence-electron chi connectivity index (χ0n) is 6.38. The molecule has 0 aliphatic rings. The fourth-order valence-corrected chi connectivity index (χ4v) is 0.757. The fraction of sp³-hybridized carbons (Fsp3) is 0.286. The SMILES string of the molecule is CNc1ccoc1C(=O)OC. The standard InChI is InChI=1S/C7H9NO3/c1-8-5-3-4-11-6(5)7(9)10-2/h3-4,8H,1-2H3. The van der Waals surface area contributed by atoms with E-state index < -0.39 is 5.97 Å². The molecule has 0 bridgehead atoms. The molecule has 4 nitrogen and oxygen atoms in total. The van der Waals surface area contributed by atoms with Crippen molar-refractivity contribution in [3.8, 4) is 0 Å². The molecular weight excluding hydrogens is 146 g/mol. The number of hydrogen-bond donors (Lipinski definition) is 1. The van der Waals surface area contributed by atoms with E-state index in [4.69, 9.17) is 4.42 Å². The van der Waals surface area contributed by atoms with Crippen molar-refractivity contribution < 1.29 is 13.9 Å². The Hall–Kier alpha value is -1.45. The first-order valence-electron chi connectivity index (χ1n) is 3.13. The van der Waals surface area contributed by atoms with Gasteiger partial charge in [0.25, 0.3) is 0 Å². The van der Waals surface area contributed by atoms with E-state index >= 15 is 0 Å². The number of furan rings is 1. The number of methoxy groups -OCH3 is 1. The predicted molar refractivity (Wildman–Crippen MR) is 39.6 cm³/mol. The van der Waals surface area contributed by atoms with Gasteiger partial charge in [0, 0.05) is 13.1 Å². The Morgan fingerprint density at radius 2 is 2.45 bits per heavy atom. The lowest BCUT2D eigenvalue weighted by molar-refractivity contribution is 0.0566. The second kappa shape index (κ2) is 3.09. The zero-order chi connectivity index (χ0) is 8.27. The van der Waals surface area contributed by atoms with Gasteiger partial charge in [-0.2, -0.15) is 0 Å². The van der Waals surface area contributed by atoms with E-state index in [0.717, 1.165) is 0 Å². The van der Waals surface area contributed by atoms with Crippen molar-refractivity contribution in [3.05, 3.63) is 18.1 Å². The van der Waals surface area contributed by atoms with E-state index in [2.05, 4.69) is 10.1 Å². The third-order valence-corrected chi connectivity index (χ3v) is 1.31. The maximum atomic E-state index is 10.9. The minimum atomic E-state index is -0.473. The van der Waals surface area contributed by atoms with E-state index in [0.29, 0.717) is 5.69 Å². The van der Waals surface area contributed by atoms with E-state index in [1.807, 2.05) is 0 Å². The van der Waals surface area contributed by atoms with Crippen LogP contribution < -0.4 is 5.32 Å². The van der Waals surface area contributed by atoms with Crippen LogP contribution in [0.3, 0.4) is 0 Å². The summed E-state index contributed by atoms with van der Waals surface area (Å²) in [5, 5.41) is 2.80. The van der Waals surface area contributed by atoms with Gasteiger partial charge < -0.3 is 14.5 Å². The monoisotopic (exact) mass is 155 g/mol. The van der Waals surface area contributed by atoms with Gasteiger partial charge >= 0.3 is 5.97 Å². The normalized spacial score (nSPS) is 9.27. The Morgan fingerprint density at radius 1 is 1.73 bits per heavy atom. The number of hydrogen-bond acceptors (Lipinski definition) is 4. The van der Waals surface area contributed by atoms with Crippen molar-refractivity contribution in [1.82, 2.24) is 0 Å². The molecule has 0 unspecified atom stereocenters. The molecule has 0 saturated heterocycles. The molecule has 0 aromatic carbocycles. The predicted octanol–water partition coefficient (Wildman–Crippen LogP) is 1.11. The number of anilines is 1. The van der Waals surface area contributed by atoms with Gasteiger partial charge in [-0.1, -0.05) is 0 Å². The average molecular weight is 155 g/mol. The molecular formula is C7H9NO3. The van der Waals surface area contributed by atoms with Crippen LogP contribution in [0.4, 0.5) is 5.69 Å². The van der Waals surface area contributed by atoms with Crippen LogP contribution >= 0.6 is 0 Å². The minimum absolute atomic E-state index is 0.204. The van der Waals surface area contributed by atoms with Crippen LogP contribution in [0, 0.1) is 0 Å². The van der Waals surface area contributed by atoms with Gasteiger partial charge in [-0.3, -0.25) is 0 Å². The summed E-state index contributed by atoms with van der Waals surface area (Å²) < 4.78 is 9.34. The molecule has 11 heavy (non-hydrogen) atoms. The smallest absolute Gasteiger partial charge is 0.376 e. The summed E-state index contributed by atoms with van der Waals surface area (Å²) in [7, 11) is 3.02. The van der Waals surface area contributed by atoms with Gasteiger partial charge in [-0.25, -0.2) is 4.79 Å². The van der Waals surface area contributed by atoms with Gasteiger partial charge in [0.2, 0.25) is 5.76 Å². The fourth-order valence-electron chi connectivity index (χ4n) is 0.757. The third kappa shape index (κ3) is 1.34. The largest absolute Gasteiger partial charge is 0.463 e. The molecule has 1 rings (SSSR count). The average Bonchev–Trinajstić information content (AvgIpc) is 2.50. The molecule has 1 aromatic heterocycles. The van der Waals surface area contributed by atoms with Crippen LogP contribution in [-0.4, -0.2) is 20.1 Å². The molecule has 0 saturated carbocycles. The number of carbonyl (C=O) groups is 1. The topological polar surface area (TPSA) is 51.5 Å². The number of esters is 1. The Labute approximate surface area is 64.1 Å². The number of rotatable bonds is 2. The Kier molecular flexibility index (Phi) is 2.15. The lowest BCUT2D eigenvalue weighted by atomic mass is 10.4. The highest BCUT2D eigenvalue weighted by molar-refractivity contribution is 5.92. The van der Waals surface area contributed by atoms with E-state index in [-0.39, 0.29) is 5.76 Å². The highest BCUT2D eigenvalue weighted by Crippen LogP contribution is 2.16. The Morgan fingerprint density at radius 3 is 3.00 bits per heavy atom. The van der Waals surface area contributed by atoms with E-state index in [1.54, 1.807) is 13.1 Å². The molecule has 0 amide bonds. The summed E-state index contributed by atoms with van der Waals surface area (Å²) in [5.74, 6) is -0.269. The minimum Gasteiger partial charge on any atom is -0.463 e. The zero-order valence-corrected chi connectivity index (χ0v) is 6.38. The molecule has 0 aliphatic heterocycles. The molecule has 1 aromatic rings. The van der Waals surface area contributed by atoms with E-state index in [9.17, 15) is 4.79 Å². The summed E-state index contributed by atoms with van der Waals surface area (Å²) in [4.78, 5) is 10.9. The first kappa shape index (κ1) is 7.65. The second-order valence-electron chi connectivity index (χ2n) is 1.90. The van der Waals surface area contributed by atoms with Crippen LogP contribution in [0.15, 0.2) is 16.7 Å². The van der Waals surface area contributed by atoms with Crippen molar-refractivity contribution in [3.63, 3.8) is 0 Å². The highest BCUT2D eigenvalue weighted by Gasteiger charge is 2.13. The van der Waals surface area contributed by atoms with Crippen LogP contribution in [0.2, 0.25) is 0 Å². The maximum absolute atomic E-state index is 10.9. The molecule has 1 N–H and O–H groups in total. The molecule has 0 spiro atoms. The molecule has 0 fully saturated rings. The lowest BCUT2D eigenvalue weighted by Crippen LogP contribution is -2.02. The summed E-state index contributed by atoms with van der Waals surface area (Å²) in [6, 6.07) is 1.66. The summed E-state index contributed by atoms with van der Waals surface area (Å²) in [5.41, 5.74) is 0.636. The Balaban J connectivity index is 2.92. The lowest BCUT2D eigenvalue weighted by Gasteiger charge is -1.97. The van der Waals surface area contributed by atoms with Crippen molar-refractivity contribution in [2.24, 2.45) is 0 Å². The van der Waals surface area contributed by atoms with Gasteiger partial charge in [0.1, 0.15) is 0 Å². The van der Waals surface area contributed by atoms with Crippen LogP contribution in [0.5, 0.6) is 0 Å². The van der Waals surface area contributed by atoms with Crippen LogP contribution in [0.25, 0.3) is 0 Å². The Bertz CT molecular complexity index is 254. The summed E-state index contributed by atoms with van der Waals surface area (Å²) in [6.45, 7) is 0. The van der Waals surface area contributed by atoms with Crippen LogP contribution in [0.1, 0.15) is 10.6 Å². The number of ether oxygens (including phenoxy) is 1. The van der Waals surface area contributed by atoms with Gasteiger partial charge in [0.15, 0.2) is 0 Å². The highest BCUT2D eigenvalue weighted by atomic mass is 16.5. The van der Waals surface area contributed by atoms with Crippen molar-refractivity contribution >= 4 is 11.7 Å². The first-order valence-corrected chi connectivity index (χ1v) is 3.13. The molecule has 0 radical (unpaired) electrons. The number of nitrogens with one attached hydrogen (secondary N) is 1. The number of carbonyl (C=O) groups excluding carboxylic acids is 1. The van der Waals surface area contributed by atoms with Crippen molar-refractivity contribution in [2.45, 2.75) is 0 Å². The van der Waals surface area contributed by atoms with E-state index in [1.165, 1.54) is 13.4 Å². The molecule has 60 valence electrons. The quantitative estimate of drug-likeness (QED) is 0.650. The van der Waals surface area contributed by atoms with Gasteiger partial charge in [0.05, 0.1) is 19.1 Å². The molecule has 1 heterocycles. The van der Waals surface area contributed by atoms with Gasteiger partial charge in [-0.15, -0.1) is 0 Å². The summed E-state index contributed by atoms with van der Waals surface area (Å²) >= 11 is 0. The van der Waals surface area contributed by atoms with Crippen molar-refractivity contribution in [1.29, 1.82) is 0 Å². The molecule has 0 atom stereocenters. The molecule has 4 heteroatoms. The summed E-state index contributed by atoms with van der Waals surface area (Å²) in [6.07, 6.45) is 1.43. The third-order valence-electron chi connectivity index (χ3n) is 1.31. The second-order valence-corrected chi connectivity index (χ2v) is 1.90. The molecule has 0 aliphatic carbocycles. The van der Waals surface area contributed by atoms with Crippen LogP contribution in [-0.2, 0) is 4.74 Å². The van der Waals surface area contributed by atoms with Gasteiger partial charge in [-0.05, 0) is 0 Å². The first-order chi connectivity index (χ1) is 5.29. The van der Waals surface area contributed by atoms with Crippen molar-refractivity contribution in [2.75, 3.05) is 19.5 Å².